The number of rotatable bonds is 5. The van der Waals surface area contributed by atoms with Crippen molar-refractivity contribution in [2.75, 3.05) is 45.9 Å². The first kappa shape index (κ1) is 19.7. The van der Waals surface area contributed by atoms with E-state index in [0.717, 1.165) is 38.5 Å². The number of carbonyl (C=O) groups is 2. The molecule has 2 amide bonds. The van der Waals surface area contributed by atoms with Crippen LogP contribution in [0.3, 0.4) is 0 Å². The normalized spacial score (nSPS) is 21.6. The minimum Gasteiger partial charge on any atom is -0.492 e. The SMILES string of the molecule is CC(C)(C)N1CC(C(=O)N2CCN(CCOc3ccccc3)CC2)CC1=O. The van der Waals surface area contributed by atoms with Gasteiger partial charge in [0.1, 0.15) is 12.4 Å². The molecule has 0 aromatic heterocycles. The Bertz CT molecular complexity index is 648. The molecule has 6 nitrogen and oxygen atoms in total. The van der Waals surface area contributed by atoms with Gasteiger partial charge in [-0.2, -0.15) is 0 Å². The number of benzene rings is 1. The van der Waals surface area contributed by atoms with E-state index in [-0.39, 0.29) is 23.3 Å². The molecule has 6 heteroatoms. The highest BCUT2D eigenvalue weighted by Gasteiger charge is 2.41. The van der Waals surface area contributed by atoms with Crippen molar-refractivity contribution >= 4 is 11.8 Å². The van der Waals surface area contributed by atoms with Crippen LogP contribution in [0.4, 0.5) is 0 Å². The van der Waals surface area contributed by atoms with E-state index in [1.807, 2.05) is 60.9 Å². The smallest absolute Gasteiger partial charge is 0.228 e. The van der Waals surface area contributed by atoms with Crippen LogP contribution in [0.1, 0.15) is 27.2 Å². The molecule has 0 N–H and O–H groups in total. The number of nitrogens with zero attached hydrogens (tertiary/aromatic N) is 3. The zero-order valence-corrected chi connectivity index (χ0v) is 16.7. The van der Waals surface area contributed by atoms with Gasteiger partial charge < -0.3 is 14.5 Å². The molecule has 3 rings (SSSR count). The summed E-state index contributed by atoms with van der Waals surface area (Å²) in [6.07, 6.45) is 0.348. The molecule has 2 heterocycles. The molecule has 27 heavy (non-hydrogen) atoms. The van der Waals surface area contributed by atoms with E-state index >= 15 is 0 Å². The predicted octanol–water partition coefficient (Wildman–Crippen LogP) is 1.86. The van der Waals surface area contributed by atoms with E-state index < -0.39 is 0 Å². The van der Waals surface area contributed by atoms with Gasteiger partial charge in [-0.05, 0) is 32.9 Å². The van der Waals surface area contributed by atoms with Crippen LogP contribution >= 0.6 is 0 Å². The summed E-state index contributed by atoms with van der Waals surface area (Å²) < 4.78 is 5.75. The van der Waals surface area contributed by atoms with E-state index in [4.69, 9.17) is 4.74 Å². The Morgan fingerprint density at radius 1 is 1.11 bits per heavy atom. The maximum absolute atomic E-state index is 12.8. The van der Waals surface area contributed by atoms with Crippen molar-refractivity contribution in [3.63, 3.8) is 0 Å². The van der Waals surface area contributed by atoms with E-state index in [1.165, 1.54) is 0 Å². The Balaban J connectivity index is 1.41. The van der Waals surface area contributed by atoms with Gasteiger partial charge >= 0.3 is 0 Å². The fourth-order valence-electron chi connectivity index (χ4n) is 3.78. The molecule has 0 aliphatic carbocycles. The molecular weight excluding hydrogens is 342 g/mol. The number of amides is 2. The summed E-state index contributed by atoms with van der Waals surface area (Å²) in [6.45, 7) is 11.3. The minimum absolute atomic E-state index is 0.0950. The van der Waals surface area contributed by atoms with E-state index in [2.05, 4.69) is 4.90 Å². The molecule has 0 spiro atoms. The average Bonchev–Trinajstić information content (AvgIpc) is 3.05. The second-order valence-corrected chi connectivity index (χ2v) is 8.40. The minimum atomic E-state index is -0.219. The van der Waals surface area contributed by atoms with Gasteiger partial charge in [-0.1, -0.05) is 18.2 Å². The van der Waals surface area contributed by atoms with Crippen molar-refractivity contribution in [2.45, 2.75) is 32.7 Å². The summed E-state index contributed by atoms with van der Waals surface area (Å²) in [5, 5.41) is 0. The first-order valence-corrected chi connectivity index (χ1v) is 9.84. The van der Waals surface area contributed by atoms with Crippen LogP contribution in [0.5, 0.6) is 5.75 Å². The summed E-state index contributed by atoms with van der Waals surface area (Å²) in [7, 11) is 0. The van der Waals surface area contributed by atoms with Crippen LogP contribution in [-0.2, 0) is 9.59 Å². The molecule has 2 aliphatic heterocycles. The maximum atomic E-state index is 12.8. The second kappa shape index (κ2) is 8.30. The lowest BCUT2D eigenvalue weighted by Gasteiger charge is -2.36. The molecule has 2 saturated heterocycles. The third-order valence-electron chi connectivity index (χ3n) is 5.39. The predicted molar refractivity (Wildman–Crippen MR) is 105 cm³/mol. The van der Waals surface area contributed by atoms with Gasteiger partial charge in [0, 0.05) is 51.2 Å². The highest BCUT2D eigenvalue weighted by Crippen LogP contribution is 2.27. The number of hydrogen-bond donors (Lipinski definition) is 0. The van der Waals surface area contributed by atoms with Crippen molar-refractivity contribution < 1.29 is 14.3 Å². The maximum Gasteiger partial charge on any atom is 0.228 e. The van der Waals surface area contributed by atoms with Gasteiger partial charge in [-0.15, -0.1) is 0 Å². The average molecular weight is 373 g/mol. The van der Waals surface area contributed by atoms with Crippen LogP contribution in [0.15, 0.2) is 30.3 Å². The number of piperazine rings is 1. The van der Waals surface area contributed by atoms with E-state index in [1.54, 1.807) is 0 Å². The van der Waals surface area contributed by atoms with Crippen molar-refractivity contribution in [1.82, 2.24) is 14.7 Å². The third-order valence-corrected chi connectivity index (χ3v) is 5.39. The molecule has 148 valence electrons. The lowest BCUT2D eigenvalue weighted by atomic mass is 10.1. The lowest BCUT2D eigenvalue weighted by Crippen LogP contribution is -2.51. The largest absolute Gasteiger partial charge is 0.492 e. The number of hydrogen-bond acceptors (Lipinski definition) is 4. The Morgan fingerprint density at radius 2 is 1.78 bits per heavy atom. The molecule has 1 unspecified atom stereocenters. The summed E-state index contributed by atoms with van der Waals surface area (Å²) in [4.78, 5) is 31.2. The van der Waals surface area contributed by atoms with Gasteiger partial charge in [0.05, 0.1) is 5.92 Å². The molecule has 0 saturated carbocycles. The molecule has 1 atom stereocenters. The number of ether oxygens (including phenoxy) is 1. The molecule has 2 aliphatic rings. The van der Waals surface area contributed by atoms with Gasteiger partial charge in [0.2, 0.25) is 11.8 Å². The fourth-order valence-corrected chi connectivity index (χ4v) is 3.78. The Morgan fingerprint density at radius 3 is 2.37 bits per heavy atom. The molecule has 0 radical (unpaired) electrons. The Kier molecular flexibility index (Phi) is 6.05. The second-order valence-electron chi connectivity index (χ2n) is 8.40. The van der Waals surface area contributed by atoms with E-state index in [9.17, 15) is 9.59 Å². The van der Waals surface area contributed by atoms with Gasteiger partial charge in [-0.3, -0.25) is 14.5 Å². The summed E-state index contributed by atoms with van der Waals surface area (Å²) >= 11 is 0. The topological polar surface area (TPSA) is 53.1 Å². The van der Waals surface area contributed by atoms with Gasteiger partial charge in [0.15, 0.2) is 0 Å². The zero-order valence-electron chi connectivity index (χ0n) is 16.7. The van der Waals surface area contributed by atoms with E-state index in [0.29, 0.717) is 19.6 Å². The molecular formula is C21H31N3O3. The highest BCUT2D eigenvalue weighted by molar-refractivity contribution is 5.89. The standard InChI is InChI=1S/C21H31N3O3/c1-21(2,3)24-16-17(15-19(24)25)20(26)23-11-9-22(10-12-23)13-14-27-18-7-5-4-6-8-18/h4-8,17H,9-16H2,1-3H3. The Hall–Kier alpha value is -2.08. The lowest BCUT2D eigenvalue weighted by molar-refractivity contribution is -0.137. The van der Waals surface area contributed by atoms with Gasteiger partial charge in [0.25, 0.3) is 0 Å². The molecule has 1 aromatic rings. The van der Waals surface area contributed by atoms with Gasteiger partial charge in [-0.25, -0.2) is 0 Å². The Labute approximate surface area is 162 Å². The monoisotopic (exact) mass is 373 g/mol. The summed E-state index contributed by atoms with van der Waals surface area (Å²) in [6, 6.07) is 9.82. The van der Waals surface area contributed by atoms with Crippen LogP contribution in [0.25, 0.3) is 0 Å². The van der Waals surface area contributed by atoms with Crippen molar-refractivity contribution in [1.29, 1.82) is 0 Å². The number of likely N-dealkylation sites (tertiary alicyclic amines) is 1. The number of carbonyl (C=O) groups excluding carboxylic acids is 2. The number of para-hydroxylation sites is 1. The van der Waals surface area contributed by atoms with Crippen molar-refractivity contribution in [3.05, 3.63) is 30.3 Å². The fraction of sp³-hybridized carbons (Fsp3) is 0.619. The third kappa shape index (κ3) is 5.01. The van der Waals surface area contributed by atoms with Crippen LogP contribution in [0.2, 0.25) is 0 Å². The molecule has 1 aromatic carbocycles. The first-order valence-electron chi connectivity index (χ1n) is 9.84. The zero-order chi connectivity index (χ0) is 19.4. The quantitative estimate of drug-likeness (QED) is 0.791. The molecule has 0 bridgehead atoms. The summed E-state index contributed by atoms with van der Waals surface area (Å²) in [5.74, 6) is 0.929. The van der Waals surface area contributed by atoms with Crippen molar-refractivity contribution in [3.8, 4) is 5.75 Å². The first-order chi connectivity index (χ1) is 12.8. The van der Waals surface area contributed by atoms with Crippen molar-refractivity contribution in [2.24, 2.45) is 5.92 Å². The summed E-state index contributed by atoms with van der Waals surface area (Å²) in [5.41, 5.74) is -0.219. The highest BCUT2D eigenvalue weighted by atomic mass is 16.5. The van der Waals surface area contributed by atoms with Crippen LogP contribution in [0, 0.1) is 5.92 Å². The van der Waals surface area contributed by atoms with Crippen LogP contribution in [-0.4, -0.2) is 77.9 Å². The van der Waals surface area contributed by atoms with Crippen LogP contribution < -0.4 is 4.74 Å². The molecule has 2 fully saturated rings.